The number of aryl methyl sites for hydroxylation is 1. The number of hydrogen-bond donors (Lipinski definition) is 0. The molecular weight excluding hydrogens is 406 g/mol. The molecule has 0 amide bonds. The van der Waals surface area contributed by atoms with Gasteiger partial charge in [0.25, 0.3) is 0 Å². The molecule has 1 atom stereocenters. The predicted molar refractivity (Wildman–Crippen MR) is 120 cm³/mol. The number of rotatable bonds is 9. The fourth-order valence-electron chi connectivity index (χ4n) is 2.58. The van der Waals surface area contributed by atoms with E-state index in [4.69, 9.17) is 25.5 Å². The van der Waals surface area contributed by atoms with Crippen LogP contribution in [0.3, 0.4) is 0 Å². The van der Waals surface area contributed by atoms with Gasteiger partial charge in [-0.2, -0.15) is 0 Å². The summed E-state index contributed by atoms with van der Waals surface area (Å²) in [5, 5.41) is 4.96. The largest absolute Gasteiger partial charge is 0.490 e. The summed E-state index contributed by atoms with van der Waals surface area (Å²) in [6, 6.07) is 1.74. The Bertz CT molecular complexity index is 818. The molecule has 6 nitrogen and oxygen atoms in total. The molecule has 0 aliphatic rings. The number of pyridine rings is 1. The van der Waals surface area contributed by atoms with E-state index in [-0.39, 0.29) is 11.1 Å². The zero-order chi connectivity index (χ0) is 21.8. The highest BCUT2D eigenvalue weighted by Gasteiger charge is 2.37. The number of nitrogens with zero attached hydrogens (tertiary/aromatic N) is 3. The molecular formula is C21H34ClN3O3Si. The van der Waals surface area contributed by atoms with Gasteiger partial charge in [-0.05, 0) is 32.0 Å². The maximum absolute atomic E-state index is 6.28. The highest BCUT2D eigenvalue weighted by molar-refractivity contribution is 6.74. The molecule has 0 bridgehead atoms. The Balaban J connectivity index is 2.14. The molecule has 162 valence electrons. The van der Waals surface area contributed by atoms with Gasteiger partial charge in [-0.1, -0.05) is 32.4 Å². The monoisotopic (exact) mass is 439 g/mol. The number of hydrogen-bond acceptors (Lipinski definition) is 5. The fraction of sp³-hybridized carbons (Fsp3) is 0.619. The molecule has 2 aromatic rings. The lowest BCUT2D eigenvalue weighted by Gasteiger charge is -2.36. The van der Waals surface area contributed by atoms with E-state index < -0.39 is 8.32 Å². The van der Waals surface area contributed by atoms with Gasteiger partial charge >= 0.3 is 0 Å². The summed E-state index contributed by atoms with van der Waals surface area (Å²) in [5.74, 6) is 1.22. The topological polar surface area (TPSA) is 58.4 Å². The molecule has 2 rings (SSSR count). The van der Waals surface area contributed by atoms with Crippen LogP contribution < -0.4 is 9.47 Å². The van der Waals surface area contributed by atoms with Gasteiger partial charge in [0.1, 0.15) is 10.9 Å². The number of halogens is 1. The minimum atomic E-state index is -1.76. The second-order valence-electron chi connectivity index (χ2n) is 8.78. The molecule has 8 heteroatoms. The number of ether oxygens (including phenoxy) is 2. The van der Waals surface area contributed by atoms with Gasteiger partial charge in [-0.25, -0.2) is 4.98 Å². The Morgan fingerprint density at radius 1 is 1.24 bits per heavy atom. The van der Waals surface area contributed by atoms with E-state index in [0.717, 1.165) is 17.5 Å². The highest BCUT2D eigenvalue weighted by Crippen LogP contribution is 2.38. The van der Waals surface area contributed by atoms with Crippen LogP contribution in [0.5, 0.6) is 11.6 Å². The van der Waals surface area contributed by atoms with Crippen molar-refractivity contribution in [2.75, 3.05) is 13.2 Å². The van der Waals surface area contributed by atoms with Gasteiger partial charge in [0.2, 0.25) is 5.88 Å². The summed E-state index contributed by atoms with van der Waals surface area (Å²) in [4.78, 5) is 4.23. The Labute approximate surface area is 180 Å². The minimum absolute atomic E-state index is 0.0378. The predicted octanol–water partition coefficient (Wildman–Crippen LogP) is 5.71. The van der Waals surface area contributed by atoms with Crippen LogP contribution in [0.2, 0.25) is 23.3 Å². The second kappa shape index (κ2) is 9.49. The Morgan fingerprint density at radius 2 is 1.93 bits per heavy atom. The summed E-state index contributed by atoms with van der Waals surface area (Å²) in [5.41, 5.74) is 1.64. The second-order valence-corrected chi connectivity index (χ2v) is 14.0. The molecule has 0 aliphatic heterocycles. The van der Waals surface area contributed by atoms with Crippen molar-refractivity contribution < 1.29 is 13.9 Å². The van der Waals surface area contributed by atoms with Crippen LogP contribution in [-0.2, 0) is 11.5 Å². The highest BCUT2D eigenvalue weighted by atomic mass is 35.5. The van der Waals surface area contributed by atoms with Gasteiger partial charge in [-0.3, -0.25) is 4.68 Å². The van der Waals surface area contributed by atoms with Crippen molar-refractivity contribution >= 4 is 19.9 Å². The normalized spacial score (nSPS) is 13.4. The van der Waals surface area contributed by atoms with Gasteiger partial charge in [-0.15, -0.1) is 5.10 Å². The summed E-state index contributed by atoms with van der Waals surface area (Å²) in [6.07, 6.45) is 4.35. The summed E-state index contributed by atoms with van der Waals surface area (Å²) >= 11 is 6.15. The summed E-state index contributed by atoms with van der Waals surface area (Å²) < 4.78 is 19.9. The first-order valence-electron chi connectivity index (χ1n) is 10.1. The van der Waals surface area contributed by atoms with Crippen molar-refractivity contribution in [2.24, 2.45) is 7.05 Å². The van der Waals surface area contributed by atoms with Crippen LogP contribution >= 0.6 is 11.6 Å². The van der Waals surface area contributed by atoms with Gasteiger partial charge in [0.05, 0.1) is 18.3 Å². The fourth-order valence-corrected chi connectivity index (χ4v) is 3.79. The van der Waals surface area contributed by atoms with Crippen molar-refractivity contribution in [1.29, 1.82) is 0 Å². The van der Waals surface area contributed by atoms with Crippen LogP contribution in [0.25, 0.3) is 11.1 Å². The molecule has 2 aromatic heterocycles. The lowest BCUT2D eigenvalue weighted by atomic mass is 10.1. The van der Waals surface area contributed by atoms with Crippen LogP contribution in [0.4, 0.5) is 0 Å². The molecule has 29 heavy (non-hydrogen) atoms. The van der Waals surface area contributed by atoms with Crippen molar-refractivity contribution in [3.8, 4) is 22.8 Å². The van der Waals surface area contributed by atoms with E-state index in [2.05, 4.69) is 43.9 Å². The van der Waals surface area contributed by atoms with E-state index in [1.165, 1.54) is 0 Å². The quantitative estimate of drug-likeness (QED) is 0.369. The molecule has 0 radical (unpaired) electrons. The van der Waals surface area contributed by atoms with E-state index in [1.54, 1.807) is 16.9 Å². The van der Waals surface area contributed by atoms with Gasteiger partial charge < -0.3 is 13.9 Å². The summed E-state index contributed by atoms with van der Waals surface area (Å²) in [7, 11) is 0.0935. The van der Waals surface area contributed by atoms with Crippen molar-refractivity contribution in [1.82, 2.24) is 14.8 Å². The van der Waals surface area contributed by atoms with E-state index >= 15 is 0 Å². The Kier molecular flexibility index (Phi) is 7.76. The first kappa shape index (κ1) is 23.7. The van der Waals surface area contributed by atoms with Crippen molar-refractivity contribution in [3.63, 3.8) is 0 Å². The molecule has 0 fully saturated rings. The standard InChI is InChI=1S/C21H34ClN3O3Si/c1-9-26-20-17(14-25(6)24-20)16-13-23-19(22)12-18(16)28-15(2)10-11-27-29(7,8)21(3,4)5/h12-15H,9-11H2,1-8H3/t15-/m0/s1. The SMILES string of the molecule is CCOc1nn(C)cc1-c1cnc(Cl)cc1O[C@@H](C)CCO[Si](C)(C)C(C)(C)C. The molecule has 0 saturated heterocycles. The first-order valence-corrected chi connectivity index (χ1v) is 13.4. The first-order chi connectivity index (χ1) is 13.4. The Hall–Kier alpha value is -1.57. The average Bonchev–Trinajstić information content (AvgIpc) is 2.94. The molecule has 0 unspecified atom stereocenters. The molecule has 0 N–H and O–H groups in total. The van der Waals surface area contributed by atoms with Crippen LogP contribution in [0, 0.1) is 0 Å². The lowest BCUT2D eigenvalue weighted by molar-refractivity contribution is 0.171. The zero-order valence-corrected chi connectivity index (χ0v) is 20.6. The molecule has 0 aromatic carbocycles. The summed E-state index contributed by atoms with van der Waals surface area (Å²) in [6.45, 7) is 16.4. The number of aromatic nitrogens is 3. The van der Waals surface area contributed by atoms with Gasteiger partial charge in [0.15, 0.2) is 8.32 Å². The third-order valence-electron chi connectivity index (χ3n) is 5.32. The smallest absolute Gasteiger partial charge is 0.240 e. The minimum Gasteiger partial charge on any atom is -0.490 e. The molecule has 2 heterocycles. The van der Waals surface area contributed by atoms with Crippen LogP contribution in [0.1, 0.15) is 41.0 Å². The zero-order valence-electron chi connectivity index (χ0n) is 18.9. The van der Waals surface area contributed by atoms with Crippen LogP contribution in [-0.4, -0.2) is 42.4 Å². The molecule has 0 spiro atoms. The van der Waals surface area contributed by atoms with E-state index in [9.17, 15) is 0 Å². The van der Waals surface area contributed by atoms with Crippen LogP contribution in [0.15, 0.2) is 18.5 Å². The third kappa shape index (κ3) is 6.20. The van der Waals surface area contributed by atoms with E-state index in [0.29, 0.717) is 30.0 Å². The average molecular weight is 440 g/mol. The molecule has 0 saturated carbocycles. The maximum Gasteiger partial charge on any atom is 0.240 e. The van der Waals surface area contributed by atoms with Crippen molar-refractivity contribution in [3.05, 3.63) is 23.6 Å². The van der Waals surface area contributed by atoms with E-state index in [1.807, 2.05) is 27.1 Å². The maximum atomic E-state index is 6.28. The Morgan fingerprint density at radius 3 is 2.55 bits per heavy atom. The lowest BCUT2D eigenvalue weighted by Crippen LogP contribution is -2.41. The van der Waals surface area contributed by atoms with Gasteiger partial charge in [0, 0.05) is 44.1 Å². The van der Waals surface area contributed by atoms with Crippen molar-refractivity contribution in [2.45, 2.75) is 65.3 Å². The third-order valence-corrected chi connectivity index (χ3v) is 10.1. The molecule has 0 aliphatic carbocycles.